The van der Waals surface area contributed by atoms with Gasteiger partial charge in [-0.25, -0.2) is 0 Å². The highest BCUT2D eigenvalue weighted by molar-refractivity contribution is 9.11. The number of rotatable bonds is 0. The molecule has 0 aliphatic heterocycles. The molecule has 0 saturated carbocycles. The largest absolute Gasteiger partial charge is 0.417 e. The lowest BCUT2D eigenvalue weighted by molar-refractivity contribution is -0.138. The molecule has 0 bridgehead atoms. The van der Waals surface area contributed by atoms with E-state index in [-0.39, 0.29) is 20.3 Å². The number of nitrogens with two attached hydrogens (primary N) is 2. The summed E-state index contributed by atoms with van der Waals surface area (Å²) in [5.41, 5.74) is 9.77. The Hall–Kier alpha value is -0.430. The number of halogens is 5. The normalized spacial score (nSPS) is 11.8. The van der Waals surface area contributed by atoms with Crippen molar-refractivity contribution in [2.45, 2.75) is 6.18 Å². The third-order valence-corrected chi connectivity index (χ3v) is 3.31. The quantitative estimate of drug-likeness (QED) is 0.715. The second kappa shape index (κ2) is 3.62. The summed E-state index contributed by atoms with van der Waals surface area (Å²) in [7, 11) is 0. The molecule has 0 fully saturated rings. The first kappa shape index (κ1) is 11.6. The number of hydrogen-bond acceptors (Lipinski definition) is 2. The van der Waals surface area contributed by atoms with Crippen molar-refractivity contribution in [2.24, 2.45) is 0 Å². The van der Waals surface area contributed by atoms with E-state index in [4.69, 9.17) is 11.5 Å². The lowest BCUT2D eigenvalue weighted by Gasteiger charge is -2.13. The molecule has 1 rings (SSSR count). The Balaban J connectivity index is 3.49. The summed E-state index contributed by atoms with van der Waals surface area (Å²) in [5, 5.41) is 0. The molecule has 0 saturated heterocycles. The highest BCUT2D eigenvalue weighted by atomic mass is 79.9. The van der Waals surface area contributed by atoms with E-state index in [0.717, 1.165) is 6.07 Å². The predicted molar refractivity (Wildman–Crippen MR) is 55.7 cm³/mol. The molecule has 0 aliphatic carbocycles. The topological polar surface area (TPSA) is 52.0 Å². The van der Waals surface area contributed by atoms with Crippen molar-refractivity contribution in [1.82, 2.24) is 0 Å². The number of hydrogen-bond donors (Lipinski definition) is 2. The van der Waals surface area contributed by atoms with Crippen molar-refractivity contribution >= 4 is 43.2 Å². The van der Waals surface area contributed by atoms with Crippen LogP contribution in [0.1, 0.15) is 5.56 Å². The van der Waals surface area contributed by atoms with Gasteiger partial charge in [0.2, 0.25) is 0 Å². The Bertz CT molecular complexity index is 376. The van der Waals surface area contributed by atoms with Gasteiger partial charge in [-0.2, -0.15) is 13.2 Å². The van der Waals surface area contributed by atoms with Crippen LogP contribution in [0, 0.1) is 0 Å². The minimum Gasteiger partial charge on any atom is -0.398 e. The van der Waals surface area contributed by atoms with Crippen molar-refractivity contribution in [3.8, 4) is 0 Å². The highest BCUT2D eigenvalue weighted by Crippen LogP contribution is 2.43. The molecule has 0 radical (unpaired) electrons. The lowest BCUT2D eigenvalue weighted by Crippen LogP contribution is -2.09. The van der Waals surface area contributed by atoms with E-state index in [0.29, 0.717) is 0 Å². The van der Waals surface area contributed by atoms with Crippen molar-refractivity contribution < 1.29 is 13.2 Å². The SMILES string of the molecule is Nc1cc(C(F)(F)F)c(Br)c(N)c1Br. The van der Waals surface area contributed by atoms with Crippen molar-refractivity contribution in [3.63, 3.8) is 0 Å². The summed E-state index contributed by atoms with van der Waals surface area (Å²) >= 11 is 5.75. The second-order valence-electron chi connectivity index (χ2n) is 2.55. The van der Waals surface area contributed by atoms with Crippen molar-refractivity contribution in [2.75, 3.05) is 11.5 Å². The maximum absolute atomic E-state index is 12.4. The van der Waals surface area contributed by atoms with Crippen LogP contribution in [-0.4, -0.2) is 0 Å². The standard InChI is InChI=1S/C7H5Br2F3N2/c8-4-2(7(10,11)12)1-3(13)5(9)6(4)14/h1H,13-14H2. The van der Waals surface area contributed by atoms with Gasteiger partial charge in [-0.15, -0.1) is 0 Å². The van der Waals surface area contributed by atoms with E-state index in [9.17, 15) is 13.2 Å². The molecule has 0 aliphatic rings. The summed E-state index contributed by atoms with van der Waals surface area (Å²) < 4.78 is 37.2. The summed E-state index contributed by atoms with van der Waals surface area (Å²) in [6.45, 7) is 0. The number of anilines is 2. The van der Waals surface area contributed by atoms with E-state index < -0.39 is 11.7 Å². The maximum atomic E-state index is 12.4. The summed E-state index contributed by atoms with van der Waals surface area (Å²) in [6, 6.07) is 0.824. The number of benzene rings is 1. The van der Waals surface area contributed by atoms with Gasteiger partial charge in [0.1, 0.15) is 0 Å². The summed E-state index contributed by atoms with van der Waals surface area (Å²) in [6.07, 6.45) is -4.47. The molecule has 78 valence electrons. The molecule has 0 heterocycles. The molecule has 0 amide bonds. The van der Waals surface area contributed by atoms with Crippen molar-refractivity contribution in [1.29, 1.82) is 0 Å². The molecule has 0 atom stereocenters. The van der Waals surface area contributed by atoms with Gasteiger partial charge in [0.15, 0.2) is 0 Å². The lowest BCUT2D eigenvalue weighted by atomic mass is 10.1. The van der Waals surface area contributed by atoms with Gasteiger partial charge >= 0.3 is 6.18 Å². The zero-order valence-electron chi connectivity index (χ0n) is 6.62. The van der Waals surface area contributed by atoms with Crippen LogP contribution in [0.4, 0.5) is 24.5 Å². The monoisotopic (exact) mass is 332 g/mol. The maximum Gasteiger partial charge on any atom is 0.417 e. The fourth-order valence-electron chi connectivity index (χ4n) is 0.885. The number of alkyl halides is 3. The first-order valence-corrected chi connectivity index (χ1v) is 4.94. The van der Waals surface area contributed by atoms with Crippen LogP contribution >= 0.6 is 31.9 Å². The van der Waals surface area contributed by atoms with Gasteiger partial charge in [-0.1, -0.05) is 0 Å². The van der Waals surface area contributed by atoms with E-state index in [1.165, 1.54) is 0 Å². The third-order valence-electron chi connectivity index (χ3n) is 1.57. The molecule has 1 aromatic carbocycles. The molecule has 1 aromatic rings. The Morgan fingerprint density at radius 3 is 2.00 bits per heavy atom. The fourth-order valence-corrected chi connectivity index (χ4v) is 2.00. The van der Waals surface area contributed by atoms with Gasteiger partial charge in [-0.05, 0) is 37.9 Å². The minimum absolute atomic E-state index is 0.0435. The van der Waals surface area contributed by atoms with Crippen LogP contribution in [0.15, 0.2) is 15.0 Å². The molecule has 2 nitrogen and oxygen atoms in total. The summed E-state index contributed by atoms with van der Waals surface area (Å²) in [4.78, 5) is 0. The molecular weight excluding hydrogens is 329 g/mol. The smallest absolute Gasteiger partial charge is 0.398 e. The summed E-state index contributed by atoms with van der Waals surface area (Å²) in [5.74, 6) is 0. The van der Waals surface area contributed by atoms with Gasteiger partial charge < -0.3 is 11.5 Å². The zero-order chi connectivity index (χ0) is 11.1. The van der Waals surface area contributed by atoms with E-state index in [1.54, 1.807) is 0 Å². The van der Waals surface area contributed by atoms with Crippen LogP contribution in [0.2, 0.25) is 0 Å². The van der Waals surface area contributed by atoms with Crippen molar-refractivity contribution in [3.05, 3.63) is 20.6 Å². The van der Waals surface area contributed by atoms with Crippen LogP contribution in [0.25, 0.3) is 0 Å². The first-order chi connectivity index (χ1) is 6.25. The highest BCUT2D eigenvalue weighted by Gasteiger charge is 2.34. The Labute approximate surface area is 94.7 Å². The van der Waals surface area contributed by atoms with Crippen LogP contribution in [0.3, 0.4) is 0 Å². The van der Waals surface area contributed by atoms with E-state index in [2.05, 4.69) is 31.9 Å². The zero-order valence-corrected chi connectivity index (χ0v) is 9.79. The third kappa shape index (κ3) is 1.98. The van der Waals surface area contributed by atoms with Gasteiger partial charge in [0.05, 0.1) is 20.2 Å². The average Bonchev–Trinajstić information content (AvgIpc) is 2.06. The molecule has 14 heavy (non-hydrogen) atoms. The first-order valence-electron chi connectivity index (χ1n) is 3.35. The van der Waals surface area contributed by atoms with E-state index in [1.807, 2.05) is 0 Å². The predicted octanol–water partition coefficient (Wildman–Crippen LogP) is 3.39. The average molecular weight is 334 g/mol. The van der Waals surface area contributed by atoms with Gasteiger partial charge in [0.25, 0.3) is 0 Å². The number of nitrogen functional groups attached to an aromatic ring is 2. The molecule has 7 heteroatoms. The van der Waals surface area contributed by atoms with Gasteiger partial charge in [0, 0.05) is 5.69 Å². The van der Waals surface area contributed by atoms with Crippen LogP contribution < -0.4 is 11.5 Å². The Kier molecular flexibility index (Phi) is 3.01. The molecule has 0 aromatic heterocycles. The fraction of sp³-hybridized carbons (Fsp3) is 0.143. The van der Waals surface area contributed by atoms with Crippen LogP contribution in [-0.2, 0) is 6.18 Å². The van der Waals surface area contributed by atoms with Crippen LogP contribution in [0.5, 0.6) is 0 Å². The molecule has 0 spiro atoms. The van der Waals surface area contributed by atoms with Gasteiger partial charge in [-0.3, -0.25) is 0 Å². The molecule has 4 N–H and O–H groups in total. The minimum atomic E-state index is -4.47. The second-order valence-corrected chi connectivity index (χ2v) is 4.14. The Morgan fingerprint density at radius 1 is 1.07 bits per heavy atom. The molecule has 0 unspecified atom stereocenters. The molecular formula is C7H5Br2F3N2. The Morgan fingerprint density at radius 2 is 1.57 bits per heavy atom. The van der Waals surface area contributed by atoms with E-state index >= 15 is 0 Å².